The summed E-state index contributed by atoms with van der Waals surface area (Å²) < 4.78 is 17.4. The lowest BCUT2D eigenvalue weighted by Gasteiger charge is -2.06. The summed E-state index contributed by atoms with van der Waals surface area (Å²) in [4.78, 5) is 3.16. The molecule has 3 aromatic rings. The fourth-order valence-electron chi connectivity index (χ4n) is 2.09. The van der Waals surface area contributed by atoms with E-state index in [2.05, 4.69) is 27.6 Å². The van der Waals surface area contributed by atoms with E-state index in [1.54, 1.807) is 12.1 Å². The van der Waals surface area contributed by atoms with Crippen LogP contribution in [0, 0.1) is 14.2 Å². The van der Waals surface area contributed by atoms with Gasteiger partial charge in [-0.05, 0) is 59.1 Å². The summed E-state index contributed by atoms with van der Waals surface area (Å²) in [5, 5.41) is 0. The second-order valence-corrected chi connectivity index (χ2v) is 5.90. The number of fused-ring (bicyclic) bond motifs is 1. The van der Waals surface area contributed by atoms with Crippen molar-refractivity contribution in [1.29, 1.82) is 0 Å². The Morgan fingerprint density at radius 1 is 1.21 bits per heavy atom. The van der Waals surface area contributed by atoms with Crippen LogP contribution in [0.4, 0.5) is 4.39 Å². The zero-order chi connectivity index (χ0) is 13.4. The summed E-state index contributed by atoms with van der Waals surface area (Å²) in [5.41, 5.74) is 2.61. The first-order valence-electron chi connectivity index (χ1n) is 5.76. The Labute approximate surface area is 128 Å². The van der Waals surface area contributed by atoms with E-state index < -0.39 is 0 Å². The highest BCUT2D eigenvalue weighted by atomic mass is 127. The normalized spacial score (nSPS) is 11.1. The first-order chi connectivity index (χ1) is 9.15. The molecular weight excluding hydrogens is 374 g/mol. The van der Waals surface area contributed by atoms with Crippen molar-refractivity contribution in [3.8, 4) is 0 Å². The summed E-state index contributed by atoms with van der Waals surface area (Å²) in [6, 6.07) is 12.8. The number of H-pyrrole nitrogens is 1. The van der Waals surface area contributed by atoms with E-state index in [0.717, 1.165) is 14.6 Å². The van der Waals surface area contributed by atoms with Gasteiger partial charge in [-0.1, -0.05) is 18.2 Å². The van der Waals surface area contributed by atoms with Gasteiger partial charge in [0.1, 0.15) is 5.82 Å². The molecule has 0 radical (unpaired) electrons. The molecule has 0 amide bonds. The molecule has 0 fully saturated rings. The second kappa shape index (κ2) is 5.05. The van der Waals surface area contributed by atoms with Crippen molar-refractivity contribution in [2.24, 2.45) is 0 Å². The maximum Gasteiger partial charge on any atom is 0.178 e. The van der Waals surface area contributed by atoms with Crippen LogP contribution in [0.25, 0.3) is 11.0 Å². The molecule has 19 heavy (non-hydrogen) atoms. The molecule has 0 saturated heterocycles. The quantitative estimate of drug-likeness (QED) is 0.510. The third kappa shape index (κ3) is 2.44. The predicted molar refractivity (Wildman–Crippen MR) is 85.3 cm³/mol. The topological polar surface area (TPSA) is 20.7 Å². The minimum absolute atomic E-state index is 0.204. The molecule has 3 rings (SSSR count). The van der Waals surface area contributed by atoms with Gasteiger partial charge in [0.25, 0.3) is 0 Å². The summed E-state index contributed by atoms with van der Waals surface area (Å²) in [6.07, 6.45) is 0. The van der Waals surface area contributed by atoms with E-state index in [1.807, 2.05) is 28.8 Å². The number of nitrogens with zero attached hydrogens (tertiary/aromatic N) is 1. The smallest absolute Gasteiger partial charge is 0.178 e. The highest BCUT2D eigenvalue weighted by molar-refractivity contribution is 14.1. The van der Waals surface area contributed by atoms with Crippen LogP contribution >= 0.6 is 34.8 Å². The van der Waals surface area contributed by atoms with Gasteiger partial charge in [-0.25, -0.2) is 4.39 Å². The molecule has 0 bridgehead atoms. The lowest BCUT2D eigenvalue weighted by atomic mass is 10.2. The van der Waals surface area contributed by atoms with Gasteiger partial charge in [-0.3, -0.25) is 0 Å². The van der Waals surface area contributed by atoms with Crippen LogP contribution in [0.1, 0.15) is 5.56 Å². The van der Waals surface area contributed by atoms with E-state index in [4.69, 9.17) is 12.2 Å². The van der Waals surface area contributed by atoms with Crippen molar-refractivity contribution in [3.05, 3.63) is 62.2 Å². The highest BCUT2D eigenvalue weighted by Gasteiger charge is 2.07. The Hall–Kier alpha value is -1.21. The number of benzene rings is 2. The standard InChI is InChI=1S/C14H10FIN2S/c15-11-4-2-1-3-9(11)8-18-13-6-5-10(16)7-12(13)17-14(18)19/h1-7H,8H2,(H,17,19). The Morgan fingerprint density at radius 2 is 2.00 bits per heavy atom. The molecule has 0 spiro atoms. The molecule has 0 aliphatic heterocycles. The number of nitrogens with one attached hydrogen (secondary N) is 1. The predicted octanol–water partition coefficient (Wildman–Crippen LogP) is 4.49. The van der Waals surface area contributed by atoms with Crippen LogP contribution in [0.5, 0.6) is 0 Å². The van der Waals surface area contributed by atoms with Crippen molar-refractivity contribution >= 4 is 45.8 Å². The largest absolute Gasteiger partial charge is 0.331 e. The number of aromatic nitrogens is 2. The number of hydrogen-bond acceptors (Lipinski definition) is 1. The lowest BCUT2D eigenvalue weighted by Crippen LogP contribution is -2.01. The fourth-order valence-corrected chi connectivity index (χ4v) is 2.85. The van der Waals surface area contributed by atoms with E-state index in [0.29, 0.717) is 16.9 Å². The monoisotopic (exact) mass is 384 g/mol. The van der Waals surface area contributed by atoms with Crippen LogP contribution in [-0.4, -0.2) is 9.55 Å². The van der Waals surface area contributed by atoms with Crippen molar-refractivity contribution in [2.75, 3.05) is 0 Å². The van der Waals surface area contributed by atoms with Crippen LogP contribution in [0.2, 0.25) is 0 Å². The molecule has 96 valence electrons. The van der Waals surface area contributed by atoms with Crippen molar-refractivity contribution < 1.29 is 4.39 Å². The molecule has 1 aromatic heterocycles. The molecule has 2 aromatic carbocycles. The van der Waals surface area contributed by atoms with Crippen molar-refractivity contribution in [1.82, 2.24) is 9.55 Å². The highest BCUT2D eigenvalue weighted by Crippen LogP contribution is 2.19. The van der Waals surface area contributed by atoms with Crippen molar-refractivity contribution in [2.45, 2.75) is 6.54 Å². The molecule has 0 aliphatic carbocycles. The molecular formula is C14H10FIN2S. The number of imidazole rings is 1. The number of rotatable bonds is 2. The number of halogens is 2. The second-order valence-electron chi connectivity index (χ2n) is 4.27. The Bertz CT molecular complexity index is 807. The molecule has 1 N–H and O–H groups in total. The van der Waals surface area contributed by atoms with Gasteiger partial charge in [0.05, 0.1) is 17.6 Å². The zero-order valence-electron chi connectivity index (χ0n) is 9.86. The summed E-state index contributed by atoms with van der Waals surface area (Å²) in [7, 11) is 0. The average molecular weight is 384 g/mol. The molecule has 0 unspecified atom stereocenters. The lowest BCUT2D eigenvalue weighted by molar-refractivity contribution is 0.600. The third-order valence-electron chi connectivity index (χ3n) is 3.02. The summed E-state index contributed by atoms with van der Waals surface area (Å²) >= 11 is 7.58. The van der Waals surface area contributed by atoms with E-state index in [1.165, 1.54) is 6.07 Å². The van der Waals surface area contributed by atoms with E-state index in [-0.39, 0.29) is 5.82 Å². The molecule has 1 heterocycles. The fraction of sp³-hybridized carbons (Fsp3) is 0.0714. The molecule has 0 aliphatic rings. The Kier molecular flexibility index (Phi) is 3.40. The average Bonchev–Trinajstić information content (AvgIpc) is 2.68. The minimum Gasteiger partial charge on any atom is -0.331 e. The Morgan fingerprint density at radius 3 is 2.79 bits per heavy atom. The number of hydrogen-bond donors (Lipinski definition) is 1. The van der Waals surface area contributed by atoms with E-state index in [9.17, 15) is 4.39 Å². The molecule has 2 nitrogen and oxygen atoms in total. The van der Waals surface area contributed by atoms with Crippen LogP contribution in [0.15, 0.2) is 42.5 Å². The van der Waals surface area contributed by atoms with Crippen LogP contribution in [0.3, 0.4) is 0 Å². The van der Waals surface area contributed by atoms with Gasteiger partial charge in [0.2, 0.25) is 0 Å². The minimum atomic E-state index is -0.204. The van der Waals surface area contributed by atoms with E-state index >= 15 is 0 Å². The van der Waals surface area contributed by atoms with Gasteiger partial charge in [0.15, 0.2) is 4.77 Å². The first-order valence-corrected chi connectivity index (χ1v) is 7.25. The third-order valence-corrected chi connectivity index (χ3v) is 4.02. The Balaban J connectivity index is 2.13. The molecule has 5 heteroatoms. The first kappa shape index (κ1) is 12.8. The maximum atomic E-state index is 13.7. The molecule has 0 atom stereocenters. The number of aromatic amines is 1. The molecule has 0 saturated carbocycles. The van der Waals surface area contributed by atoms with Crippen molar-refractivity contribution in [3.63, 3.8) is 0 Å². The van der Waals surface area contributed by atoms with Gasteiger partial charge in [-0.2, -0.15) is 0 Å². The van der Waals surface area contributed by atoms with Gasteiger partial charge in [0, 0.05) is 9.13 Å². The summed E-state index contributed by atoms with van der Waals surface area (Å²) in [5.74, 6) is -0.204. The van der Waals surface area contributed by atoms with Crippen LogP contribution < -0.4 is 0 Å². The maximum absolute atomic E-state index is 13.7. The zero-order valence-corrected chi connectivity index (χ0v) is 12.8. The van der Waals surface area contributed by atoms with Crippen LogP contribution in [-0.2, 0) is 6.54 Å². The SMILES string of the molecule is Fc1ccccc1Cn1c(=S)[nH]c2cc(I)ccc21. The van der Waals surface area contributed by atoms with Gasteiger partial charge in [-0.15, -0.1) is 0 Å². The van der Waals surface area contributed by atoms with Gasteiger partial charge < -0.3 is 9.55 Å². The summed E-state index contributed by atoms with van der Waals surface area (Å²) in [6.45, 7) is 0.437. The van der Waals surface area contributed by atoms with Gasteiger partial charge >= 0.3 is 0 Å².